The molecule has 2 heterocycles. The zero-order valence-corrected chi connectivity index (χ0v) is 10.4. The number of hydroxylamine groups is 1. The Hall–Kier alpha value is -1.44. The summed E-state index contributed by atoms with van der Waals surface area (Å²) < 4.78 is 13.0. The van der Waals surface area contributed by atoms with Gasteiger partial charge in [0.1, 0.15) is 15.8 Å². The highest BCUT2D eigenvalue weighted by molar-refractivity contribution is 7.81. The van der Waals surface area contributed by atoms with Crippen molar-refractivity contribution in [2.45, 2.75) is 0 Å². The van der Waals surface area contributed by atoms with E-state index in [0.717, 1.165) is 11.1 Å². The van der Waals surface area contributed by atoms with Gasteiger partial charge in [0.15, 0.2) is 0 Å². The molecule has 0 aliphatic carbocycles. The summed E-state index contributed by atoms with van der Waals surface area (Å²) in [4.78, 5) is 13.8. The Bertz CT molecular complexity index is 544. The van der Waals surface area contributed by atoms with Crippen LogP contribution >= 0.6 is 23.6 Å². The first-order valence-electron chi connectivity index (χ1n) is 4.61. The highest BCUT2D eigenvalue weighted by atomic mass is 32.1. The molecule has 0 bridgehead atoms. The summed E-state index contributed by atoms with van der Waals surface area (Å²) in [5.74, 6) is -0.392. The SMILES string of the molecule is CONC(=S)c1cnc(-c2cncc(F)c2)s1. The maximum absolute atomic E-state index is 13.0. The second-order valence-electron chi connectivity index (χ2n) is 3.06. The van der Waals surface area contributed by atoms with Crippen LogP contribution in [0.1, 0.15) is 4.88 Å². The monoisotopic (exact) mass is 269 g/mol. The summed E-state index contributed by atoms with van der Waals surface area (Å²) in [5, 5.41) is 0.659. The Morgan fingerprint density at radius 3 is 3.00 bits per heavy atom. The van der Waals surface area contributed by atoms with Crippen LogP contribution in [0.2, 0.25) is 0 Å². The van der Waals surface area contributed by atoms with E-state index >= 15 is 0 Å². The molecule has 2 aromatic rings. The van der Waals surface area contributed by atoms with Gasteiger partial charge in [-0.25, -0.2) is 9.37 Å². The number of thiocarbonyl (C=S) groups is 1. The average Bonchev–Trinajstić information content (AvgIpc) is 2.78. The number of hydrogen-bond donors (Lipinski definition) is 1. The van der Waals surface area contributed by atoms with E-state index in [4.69, 9.17) is 17.1 Å². The molecular formula is C10H8FN3OS2. The van der Waals surface area contributed by atoms with E-state index in [1.54, 1.807) is 12.4 Å². The number of rotatable bonds is 3. The summed E-state index contributed by atoms with van der Waals surface area (Å²) >= 11 is 6.39. The second kappa shape index (κ2) is 5.26. The number of pyridine rings is 1. The molecule has 0 radical (unpaired) electrons. The van der Waals surface area contributed by atoms with Crippen LogP contribution in [0.25, 0.3) is 10.6 Å². The fraction of sp³-hybridized carbons (Fsp3) is 0.100. The van der Waals surface area contributed by atoms with Gasteiger partial charge < -0.3 is 0 Å². The molecular weight excluding hydrogens is 261 g/mol. The van der Waals surface area contributed by atoms with Crippen LogP contribution in [0.5, 0.6) is 0 Å². The third kappa shape index (κ3) is 2.82. The molecule has 0 spiro atoms. The maximum Gasteiger partial charge on any atom is 0.142 e. The Labute approximate surface area is 106 Å². The van der Waals surface area contributed by atoms with Crippen molar-refractivity contribution < 1.29 is 9.23 Å². The van der Waals surface area contributed by atoms with Gasteiger partial charge in [-0.2, -0.15) is 0 Å². The van der Waals surface area contributed by atoms with Crippen LogP contribution in [-0.4, -0.2) is 22.1 Å². The summed E-state index contributed by atoms with van der Waals surface area (Å²) in [5.41, 5.74) is 3.18. The molecule has 0 unspecified atom stereocenters. The van der Waals surface area contributed by atoms with Crippen LogP contribution in [-0.2, 0) is 4.84 Å². The Balaban J connectivity index is 2.27. The minimum atomic E-state index is -0.392. The summed E-state index contributed by atoms with van der Waals surface area (Å²) in [7, 11) is 1.48. The number of nitrogens with zero attached hydrogens (tertiary/aromatic N) is 2. The molecule has 2 rings (SSSR count). The van der Waals surface area contributed by atoms with Crippen LogP contribution in [0.4, 0.5) is 4.39 Å². The third-order valence-electron chi connectivity index (χ3n) is 1.88. The van der Waals surface area contributed by atoms with Crippen molar-refractivity contribution in [1.82, 2.24) is 15.4 Å². The molecule has 2 aromatic heterocycles. The van der Waals surface area contributed by atoms with Gasteiger partial charge in [0.05, 0.1) is 18.2 Å². The minimum absolute atomic E-state index is 0.392. The van der Waals surface area contributed by atoms with Crippen molar-refractivity contribution in [3.8, 4) is 10.6 Å². The maximum atomic E-state index is 13.0. The molecule has 0 amide bonds. The van der Waals surface area contributed by atoms with Gasteiger partial charge in [0, 0.05) is 18.0 Å². The number of halogens is 1. The minimum Gasteiger partial charge on any atom is -0.279 e. The van der Waals surface area contributed by atoms with Gasteiger partial charge in [0.2, 0.25) is 0 Å². The lowest BCUT2D eigenvalue weighted by molar-refractivity contribution is 0.147. The van der Waals surface area contributed by atoms with Crippen LogP contribution < -0.4 is 5.48 Å². The normalized spacial score (nSPS) is 10.2. The van der Waals surface area contributed by atoms with Gasteiger partial charge >= 0.3 is 0 Å². The Morgan fingerprint density at radius 1 is 1.47 bits per heavy atom. The molecule has 0 aromatic carbocycles. The molecule has 4 nitrogen and oxygen atoms in total. The number of aromatic nitrogens is 2. The highest BCUT2D eigenvalue weighted by Gasteiger charge is 2.09. The van der Waals surface area contributed by atoms with E-state index in [2.05, 4.69) is 15.4 Å². The number of thiazole rings is 1. The van der Waals surface area contributed by atoms with E-state index in [1.807, 2.05) is 0 Å². The first-order chi connectivity index (χ1) is 8.20. The molecule has 0 aliphatic heterocycles. The predicted molar refractivity (Wildman–Crippen MR) is 67.1 cm³/mol. The first kappa shape index (κ1) is 12.0. The van der Waals surface area contributed by atoms with Crippen LogP contribution in [0.3, 0.4) is 0 Å². The Morgan fingerprint density at radius 2 is 2.29 bits per heavy atom. The van der Waals surface area contributed by atoms with Crippen molar-refractivity contribution in [2.75, 3.05) is 7.11 Å². The fourth-order valence-electron chi connectivity index (χ4n) is 1.18. The van der Waals surface area contributed by atoms with Gasteiger partial charge in [-0.3, -0.25) is 15.3 Å². The molecule has 7 heteroatoms. The zero-order valence-electron chi connectivity index (χ0n) is 8.81. The van der Waals surface area contributed by atoms with Crippen LogP contribution in [0.15, 0.2) is 24.7 Å². The lowest BCUT2D eigenvalue weighted by atomic mass is 10.3. The smallest absolute Gasteiger partial charge is 0.142 e. The predicted octanol–water partition coefficient (Wildman–Crippen LogP) is 2.17. The molecule has 0 saturated carbocycles. The summed E-state index contributed by atoms with van der Waals surface area (Å²) in [6.07, 6.45) is 4.31. The van der Waals surface area contributed by atoms with E-state index in [-0.39, 0.29) is 0 Å². The Kier molecular flexibility index (Phi) is 3.72. The molecule has 0 saturated heterocycles. The molecule has 1 N–H and O–H groups in total. The van der Waals surface area contributed by atoms with Crippen molar-refractivity contribution in [1.29, 1.82) is 0 Å². The van der Waals surface area contributed by atoms with E-state index in [1.165, 1.54) is 24.5 Å². The number of hydrogen-bond acceptors (Lipinski definition) is 5. The van der Waals surface area contributed by atoms with Gasteiger partial charge in [-0.1, -0.05) is 12.2 Å². The largest absolute Gasteiger partial charge is 0.279 e. The van der Waals surface area contributed by atoms with E-state index in [9.17, 15) is 4.39 Å². The molecule has 17 heavy (non-hydrogen) atoms. The lowest BCUT2D eigenvalue weighted by Gasteiger charge is -2.00. The van der Waals surface area contributed by atoms with Crippen molar-refractivity contribution in [3.63, 3.8) is 0 Å². The zero-order chi connectivity index (χ0) is 12.3. The lowest BCUT2D eigenvalue weighted by Crippen LogP contribution is -2.19. The first-order valence-corrected chi connectivity index (χ1v) is 5.83. The van der Waals surface area contributed by atoms with E-state index in [0.29, 0.717) is 15.6 Å². The van der Waals surface area contributed by atoms with Crippen molar-refractivity contribution >= 4 is 28.5 Å². The summed E-state index contributed by atoms with van der Waals surface area (Å²) in [6.45, 7) is 0. The van der Waals surface area contributed by atoms with Crippen molar-refractivity contribution in [2.24, 2.45) is 0 Å². The van der Waals surface area contributed by atoms with Crippen LogP contribution in [0, 0.1) is 5.82 Å². The molecule has 0 atom stereocenters. The quantitative estimate of drug-likeness (QED) is 0.683. The van der Waals surface area contributed by atoms with Gasteiger partial charge in [0.25, 0.3) is 0 Å². The highest BCUT2D eigenvalue weighted by Crippen LogP contribution is 2.25. The average molecular weight is 269 g/mol. The van der Waals surface area contributed by atoms with Gasteiger partial charge in [-0.15, -0.1) is 11.3 Å². The molecule has 88 valence electrons. The fourth-order valence-corrected chi connectivity index (χ4v) is 2.23. The third-order valence-corrected chi connectivity index (χ3v) is 3.37. The topological polar surface area (TPSA) is 47.0 Å². The second-order valence-corrected chi connectivity index (χ2v) is 4.50. The molecule has 0 aliphatic rings. The molecule has 0 fully saturated rings. The summed E-state index contributed by atoms with van der Waals surface area (Å²) in [6, 6.07) is 1.38. The van der Waals surface area contributed by atoms with E-state index < -0.39 is 5.82 Å². The number of nitrogens with one attached hydrogen (secondary N) is 1. The standard InChI is InChI=1S/C10H8FN3OS2/c1-15-14-9(16)8-5-13-10(17-8)6-2-7(11)4-12-3-6/h2-5H,1H3,(H,14,16). The van der Waals surface area contributed by atoms with Gasteiger partial charge in [-0.05, 0) is 6.07 Å². The van der Waals surface area contributed by atoms with Crippen molar-refractivity contribution in [3.05, 3.63) is 35.4 Å².